The first kappa shape index (κ1) is 18.9. The van der Waals surface area contributed by atoms with Gasteiger partial charge in [-0.1, -0.05) is 6.07 Å². The van der Waals surface area contributed by atoms with Crippen molar-refractivity contribution in [3.8, 4) is 17.1 Å². The lowest BCUT2D eigenvalue weighted by atomic mass is 10.1. The van der Waals surface area contributed by atoms with E-state index in [1.54, 1.807) is 13.2 Å². The van der Waals surface area contributed by atoms with Crippen molar-refractivity contribution in [3.05, 3.63) is 77.6 Å². The molecule has 0 aliphatic carbocycles. The highest BCUT2D eigenvalue weighted by Crippen LogP contribution is 2.29. The molecule has 3 aromatic carbocycles. The zero-order valence-corrected chi connectivity index (χ0v) is 17.4. The molecule has 5 aromatic rings. The van der Waals surface area contributed by atoms with Gasteiger partial charge >= 0.3 is 0 Å². The highest BCUT2D eigenvalue weighted by atomic mass is 16.5. The first-order valence-electron chi connectivity index (χ1n) is 9.97. The highest BCUT2D eigenvalue weighted by Gasteiger charge is 2.18. The van der Waals surface area contributed by atoms with E-state index in [-0.39, 0.29) is 5.91 Å². The molecule has 1 amide bonds. The molecule has 31 heavy (non-hydrogen) atoms. The zero-order chi connectivity index (χ0) is 21.5. The van der Waals surface area contributed by atoms with Gasteiger partial charge < -0.3 is 19.5 Å². The Bertz CT molecular complexity index is 1430. The molecular weight excluding hydrogens is 390 g/mol. The summed E-state index contributed by atoms with van der Waals surface area (Å²) in [7, 11) is 1.60. The lowest BCUT2D eigenvalue weighted by molar-refractivity contribution is 0.0998. The fourth-order valence-corrected chi connectivity index (χ4v) is 3.71. The van der Waals surface area contributed by atoms with Crippen LogP contribution in [0.5, 0.6) is 5.75 Å². The van der Waals surface area contributed by atoms with Crippen LogP contribution in [0, 0.1) is 13.8 Å². The van der Waals surface area contributed by atoms with Gasteiger partial charge in [-0.3, -0.25) is 4.79 Å². The molecule has 5 rings (SSSR count). The van der Waals surface area contributed by atoms with Crippen LogP contribution in [0.15, 0.2) is 65.1 Å². The maximum absolute atomic E-state index is 12.8. The smallest absolute Gasteiger partial charge is 0.291 e. The first-order valence-corrected chi connectivity index (χ1v) is 9.97. The third kappa shape index (κ3) is 3.42. The van der Waals surface area contributed by atoms with Crippen molar-refractivity contribution in [2.75, 3.05) is 12.4 Å². The lowest BCUT2D eigenvalue weighted by Gasteiger charge is -2.05. The molecule has 2 N–H and O–H groups in total. The van der Waals surface area contributed by atoms with Crippen molar-refractivity contribution in [1.29, 1.82) is 0 Å². The summed E-state index contributed by atoms with van der Waals surface area (Å²) in [4.78, 5) is 20.8. The summed E-state index contributed by atoms with van der Waals surface area (Å²) in [6, 6.07) is 19.2. The molecule has 154 valence electrons. The van der Waals surface area contributed by atoms with Crippen LogP contribution in [0.1, 0.15) is 21.7 Å². The number of benzene rings is 3. The van der Waals surface area contributed by atoms with E-state index in [4.69, 9.17) is 9.15 Å². The molecule has 0 radical (unpaired) electrons. The Hall–Kier alpha value is -4.06. The standard InChI is InChI=1S/C25H21N3O3/c1-14-4-11-20-21(12-14)28-24(27-20)16-5-7-17(8-6-16)26-25(29)23-15(2)19-10-9-18(30-3)13-22(19)31-23/h4-13H,1-3H3,(H,26,29)(H,27,28). The SMILES string of the molecule is COc1ccc2c(C)c(C(=O)Nc3ccc(-c4nc5ccc(C)cc5[nH]4)cc3)oc2c1. The molecule has 0 unspecified atom stereocenters. The number of furan rings is 1. The van der Waals surface area contributed by atoms with E-state index >= 15 is 0 Å². The van der Waals surface area contributed by atoms with E-state index < -0.39 is 0 Å². The van der Waals surface area contributed by atoms with E-state index in [2.05, 4.69) is 28.3 Å². The third-order valence-electron chi connectivity index (χ3n) is 5.41. The number of rotatable bonds is 4. The van der Waals surface area contributed by atoms with Crippen LogP contribution in [0.4, 0.5) is 5.69 Å². The molecule has 0 aliphatic rings. The molecule has 2 heterocycles. The maximum atomic E-state index is 12.8. The zero-order valence-electron chi connectivity index (χ0n) is 17.4. The van der Waals surface area contributed by atoms with Crippen LogP contribution in [0.2, 0.25) is 0 Å². The van der Waals surface area contributed by atoms with Crippen molar-refractivity contribution < 1.29 is 13.9 Å². The van der Waals surface area contributed by atoms with Crippen LogP contribution in [-0.2, 0) is 0 Å². The van der Waals surface area contributed by atoms with Crippen molar-refractivity contribution in [3.63, 3.8) is 0 Å². The van der Waals surface area contributed by atoms with E-state index in [9.17, 15) is 4.79 Å². The van der Waals surface area contributed by atoms with Crippen LogP contribution >= 0.6 is 0 Å². The van der Waals surface area contributed by atoms with Crippen molar-refractivity contribution in [2.45, 2.75) is 13.8 Å². The number of hydrogen-bond donors (Lipinski definition) is 2. The molecule has 0 saturated heterocycles. The van der Waals surface area contributed by atoms with Gasteiger partial charge in [0.1, 0.15) is 17.2 Å². The summed E-state index contributed by atoms with van der Waals surface area (Å²) >= 11 is 0. The Morgan fingerprint density at radius 2 is 1.84 bits per heavy atom. The Balaban J connectivity index is 1.38. The number of hydrogen-bond acceptors (Lipinski definition) is 4. The second-order valence-electron chi connectivity index (χ2n) is 7.56. The number of aryl methyl sites for hydroxylation is 2. The number of amides is 1. The average Bonchev–Trinajstić information content (AvgIpc) is 3.34. The lowest BCUT2D eigenvalue weighted by Crippen LogP contribution is -2.12. The third-order valence-corrected chi connectivity index (χ3v) is 5.41. The number of carbonyl (C=O) groups is 1. The molecule has 0 fully saturated rings. The maximum Gasteiger partial charge on any atom is 0.291 e. The summed E-state index contributed by atoms with van der Waals surface area (Å²) < 4.78 is 11.0. The van der Waals surface area contributed by atoms with E-state index in [0.29, 0.717) is 22.8 Å². The Labute approximate surface area is 178 Å². The van der Waals surface area contributed by atoms with Crippen LogP contribution in [0.25, 0.3) is 33.4 Å². The summed E-state index contributed by atoms with van der Waals surface area (Å²) in [6.07, 6.45) is 0. The van der Waals surface area contributed by atoms with Gasteiger partial charge in [0.2, 0.25) is 0 Å². The number of imidazole rings is 1. The Morgan fingerprint density at radius 1 is 1.03 bits per heavy atom. The van der Waals surface area contributed by atoms with Crippen molar-refractivity contribution >= 4 is 33.6 Å². The Kier molecular flexibility index (Phi) is 4.47. The molecule has 0 bridgehead atoms. The molecule has 6 nitrogen and oxygen atoms in total. The van der Waals surface area contributed by atoms with Crippen molar-refractivity contribution in [1.82, 2.24) is 9.97 Å². The summed E-state index contributed by atoms with van der Waals surface area (Å²) in [6.45, 7) is 3.93. The van der Waals surface area contributed by atoms with Gasteiger partial charge in [0.05, 0.1) is 18.1 Å². The predicted octanol–water partition coefficient (Wildman–Crippen LogP) is 5.85. The van der Waals surface area contributed by atoms with E-state index in [0.717, 1.165) is 33.4 Å². The van der Waals surface area contributed by atoms with Gasteiger partial charge in [0.15, 0.2) is 5.76 Å². The second-order valence-corrected chi connectivity index (χ2v) is 7.56. The second kappa shape index (κ2) is 7.32. The fourth-order valence-electron chi connectivity index (χ4n) is 3.71. The number of anilines is 1. The minimum Gasteiger partial charge on any atom is -0.497 e. The van der Waals surface area contributed by atoms with Crippen LogP contribution < -0.4 is 10.1 Å². The van der Waals surface area contributed by atoms with Gasteiger partial charge in [-0.05, 0) is 67.9 Å². The van der Waals surface area contributed by atoms with Gasteiger partial charge in [-0.25, -0.2) is 4.98 Å². The molecule has 0 atom stereocenters. The number of aromatic amines is 1. The van der Waals surface area contributed by atoms with Crippen LogP contribution in [-0.4, -0.2) is 23.0 Å². The minimum atomic E-state index is -0.292. The minimum absolute atomic E-state index is 0.292. The quantitative estimate of drug-likeness (QED) is 0.388. The summed E-state index contributed by atoms with van der Waals surface area (Å²) in [5.41, 5.74) is 6.15. The number of nitrogens with zero attached hydrogens (tertiary/aromatic N) is 1. The van der Waals surface area contributed by atoms with Crippen molar-refractivity contribution in [2.24, 2.45) is 0 Å². The Morgan fingerprint density at radius 3 is 2.61 bits per heavy atom. The number of aromatic nitrogens is 2. The largest absolute Gasteiger partial charge is 0.497 e. The summed E-state index contributed by atoms with van der Waals surface area (Å²) in [5, 5.41) is 3.80. The molecule has 0 spiro atoms. The molecule has 0 aliphatic heterocycles. The monoisotopic (exact) mass is 411 g/mol. The van der Waals surface area contributed by atoms with Gasteiger partial charge in [-0.2, -0.15) is 0 Å². The number of H-pyrrole nitrogens is 1. The van der Waals surface area contributed by atoms with Gasteiger partial charge in [0.25, 0.3) is 5.91 Å². The highest BCUT2D eigenvalue weighted by molar-refractivity contribution is 6.06. The average molecular weight is 411 g/mol. The van der Waals surface area contributed by atoms with E-state index in [1.807, 2.05) is 55.5 Å². The molecule has 6 heteroatoms. The normalized spacial score (nSPS) is 11.2. The predicted molar refractivity (Wildman–Crippen MR) is 122 cm³/mol. The molecular formula is C25H21N3O3. The first-order chi connectivity index (χ1) is 15.0. The molecule has 0 saturated carbocycles. The fraction of sp³-hybridized carbons (Fsp3) is 0.120. The van der Waals surface area contributed by atoms with Gasteiger partial charge in [-0.15, -0.1) is 0 Å². The number of carbonyl (C=O) groups excluding carboxylic acids is 1. The number of methoxy groups -OCH3 is 1. The summed E-state index contributed by atoms with van der Waals surface area (Å²) in [5.74, 6) is 1.48. The molecule has 2 aromatic heterocycles. The topological polar surface area (TPSA) is 80.1 Å². The number of ether oxygens (including phenoxy) is 1. The van der Waals surface area contributed by atoms with Crippen LogP contribution in [0.3, 0.4) is 0 Å². The number of nitrogens with one attached hydrogen (secondary N) is 2. The van der Waals surface area contributed by atoms with E-state index in [1.165, 1.54) is 5.56 Å². The van der Waals surface area contributed by atoms with Gasteiger partial charge in [0, 0.05) is 28.3 Å². The number of fused-ring (bicyclic) bond motifs is 2.